The average molecular weight is 290 g/mol. The van der Waals surface area contributed by atoms with E-state index in [4.69, 9.17) is 4.74 Å². The predicted molar refractivity (Wildman–Crippen MR) is 86.7 cm³/mol. The molecule has 1 aliphatic carbocycles. The SMILES string of the molecule is CCC(Nc1cccc(NC(=O)OC(C)(C)C)c1)C1CC1. The molecule has 1 amide bonds. The molecule has 0 radical (unpaired) electrons. The number of carbonyl (C=O) groups excluding carboxylic acids is 1. The van der Waals surface area contributed by atoms with Gasteiger partial charge in [0.2, 0.25) is 0 Å². The Morgan fingerprint density at radius 1 is 1.33 bits per heavy atom. The highest BCUT2D eigenvalue weighted by molar-refractivity contribution is 5.85. The molecule has 4 nitrogen and oxygen atoms in total. The summed E-state index contributed by atoms with van der Waals surface area (Å²) in [5.41, 5.74) is 1.31. The Balaban J connectivity index is 1.95. The van der Waals surface area contributed by atoms with E-state index < -0.39 is 11.7 Å². The van der Waals surface area contributed by atoms with Gasteiger partial charge in [-0.2, -0.15) is 0 Å². The fraction of sp³-hybridized carbons (Fsp3) is 0.588. The van der Waals surface area contributed by atoms with Gasteiger partial charge in [-0.25, -0.2) is 4.79 Å². The van der Waals surface area contributed by atoms with Gasteiger partial charge in [-0.3, -0.25) is 5.32 Å². The molecule has 1 aromatic carbocycles. The lowest BCUT2D eigenvalue weighted by Gasteiger charge is -2.20. The van der Waals surface area contributed by atoms with E-state index in [9.17, 15) is 4.79 Å². The summed E-state index contributed by atoms with van der Waals surface area (Å²) in [4.78, 5) is 11.8. The average Bonchev–Trinajstić information content (AvgIpc) is 3.18. The highest BCUT2D eigenvalue weighted by Crippen LogP contribution is 2.35. The van der Waals surface area contributed by atoms with Gasteiger partial charge in [0.25, 0.3) is 0 Å². The third-order valence-electron chi connectivity index (χ3n) is 3.49. The minimum atomic E-state index is -0.487. The number of rotatable bonds is 5. The van der Waals surface area contributed by atoms with Gasteiger partial charge >= 0.3 is 6.09 Å². The van der Waals surface area contributed by atoms with Crippen LogP contribution in [0.15, 0.2) is 24.3 Å². The lowest BCUT2D eigenvalue weighted by atomic mass is 10.1. The summed E-state index contributed by atoms with van der Waals surface area (Å²) in [6.45, 7) is 7.77. The second kappa shape index (κ2) is 6.37. The van der Waals surface area contributed by atoms with Crippen molar-refractivity contribution in [2.45, 2.75) is 58.6 Å². The van der Waals surface area contributed by atoms with Crippen molar-refractivity contribution in [3.05, 3.63) is 24.3 Å². The lowest BCUT2D eigenvalue weighted by molar-refractivity contribution is 0.0636. The van der Waals surface area contributed by atoms with Crippen molar-refractivity contribution in [2.75, 3.05) is 10.6 Å². The lowest BCUT2D eigenvalue weighted by Crippen LogP contribution is -2.27. The maximum Gasteiger partial charge on any atom is 0.412 e. The Morgan fingerprint density at radius 3 is 2.57 bits per heavy atom. The number of hydrogen-bond acceptors (Lipinski definition) is 3. The Bertz CT molecular complexity index is 490. The van der Waals surface area contributed by atoms with Crippen LogP contribution in [0.3, 0.4) is 0 Å². The standard InChI is InChI=1S/C17H26N2O2/c1-5-15(12-9-10-12)18-13-7-6-8-14(11-13)19-16(20)21-17(2,3)4/h6-8,11-12,15,18H,5,9-10H2,1-4H3,(H,19,20). The number of amides is 1. The number of nitrogens with one attached hydrogen (secondary N) is 2. The number of ether oxygens (including phenoxy) is 1. The van der Waals surface area contributed by atoms with Gasteiger partial charge in [0, 0.05) is 17.4 Å². The number of hydrogen-bond donors (Lipinski definition) is 2. The maximum absolute atomic E-state index is 11.8. The smallest absolute Gasteiger partial charge is 0.412 e. The van der Waals surface area contributed by atoms with Crippen LogP contribution in [0.4, 0.5) is 16.2 Å². The molecular formula is C17H26N2O2. The molecule has 1 fully saturated rings. The van der Waals surface area contributed by atoms with Crippen LogP contribution in [0, 0.1) is 5.92 Å². The van der Waals surface area contributed by atoms with Gasteiger partial charge in [-0.15, -0.1) is 0 Å². The number of benzene rings is 1. The van der Waals surface area contributed by atoms with Gasteiger partial charge in [0.15, 0.2) is 0 Å². The van der Waals surface area contributed by atoms with Crippen molar-refractivity contribution in [3.63, 3.8) is 0 Å². The van der Waals surface area contributed by atoms with E-state index in [1.165, 1.54) is 12.8 Å². The zero-order chi connectivity index (χ0) is 15.5. The van der Waals surface area contributed by atoms with E-state index in [0.717, 1.165) is 23.7 Å². The van der Waals surface area contributed by atoms with Gasteiger partial charge in [-0.05, 0) is 64.2 Å². The van der Waals surface area contributed by atoms with E-state index in [-0.39, 0.29) is 0 Å². The minimum Gasteiger partial charge on any atom is -0.444 e. The second-order valence-corrected chi connectivity index (χ2v) is 6.70. The van der Waals surface area contributed by atoms with Crippen LogP contribution in [-0.4, -0.2) is 17.7 Å². The van der Waals surface area contributed by atoms with Gasteiger partial charge < -0.3 is 10.1 Å². The molecule has 1 aromatic rings. The molecular weight excluding hydrogens is 264 g/mol. The van der Waals surface area contributed by atoms with E-state index in [2.05, 4.69) is 17.6 Å². The fourth-order valence-corrected chi connectivity index (χ4v) is 2.37. The number of anilines is 2. The summed E-state index contributed by atoms with van der Waals surface area (Å²) < 4.78 is 5.26. The minimum absolute atomic E-state index is 0.422. The van der Waals surface area contributed by atoms with E-state index in [0.29, 0.717) is 6.04 Å². The molecule has 0 spiro atoms. The molecule has 1 saturated carbocycles. The zero-order valence-corrected chi connectivity index (χ0v) is 13.4. The van der Waals surface area contributed by atoms with Crippen LogP contribution in [-0.2, 0) is 4.74 Å². The third kappa shape index (κ3) is 5.29. The molecule has 0 saturated heterocycles. The molecule has 1 atom stereocenters. The summed E-state index contributed by atoms with van der Waals surface area (Å²) in [6, 6.07) is 8.32. The summed E-state index contributed by atoms with van der Waals surface area (Å²) >= 11 is 0. The first-order valence-corrected chi connectivity index (χ1v) is 7.74. The molecule has 2 rings (SSSR count). The van der Waals surface area contributed by atoms with Gasteiger partial charge in [-0.1, -0.05) is 13.0 Å². The second-order valence-electron chi connectivity index (χ2n) is 6.70. The van der Waals surface area contributed by atoms with Crippen LogP contribution < -0.4 is 10.6 Å². The summed E-state index contributed by atoms with van der Waals surface area (Å²) in [5, 5.41) is 6.33. The fourth-order valence-electron chi connectivity index (χ4n) is 2.37. The van der Waals surface area contributed by atoms with Gasteiger partial charge in [0.1, 0.15) is 5.60 Å². The Morgan fingerprint density at radius 2 is 2.00 bits per heavy atom. The van der Waals surface area contributed by atoms with Crippen LogP contribution in [0.1, 0.15) is 47.0 Å². The normalized spacial score (nSPS) is 16.2. The Kier molecular flexibility index (Phi) is 4.76. The first kappa shape index (κ1) is 15.7. The van der Waals surface area contributed by atoms with Crippen molar-refractivity contribution in [3.8, 4) is 0 Å². The summed E-state index contributed by atoms with van der Waals surface area (Å²) in [5.74, 6) is 0.803. The van der Waals surface area contributed by atoms with Gasteiger partial charge in [0.05, 0.1) is 0 Å². The van der Waals surface area contributed by atoms with Crippen molar-refractivity contribution in [1.82, 2.24) is 0 Å². The molecule has 2 N–H and O–H groups in total. The van der Waals surface area contributed by atoms with Crippen molar-refractivity contribution in [2.24, 2.45) is 5.92 Å². The Hall–Kier alpha value is -1.71. The highest BCUT2D eigenvalue weighted by Gasteiger charge is 2.29. The molecule has 4 heteroatoms. The number of carbonyl (C=O) groups is 1. The first-order chi connectivity index (χ1) is 9.87. The molecule has 0 aliphatic heterocycles. The molecule has 1 unspecified atom stereocenters. The largest absolute Gasteiger partial charge is 0.444 e. The van der Waals surface area contributed by atoms with Crippen LogP contribution >= 0.6 is 0 Å². The molecule has 21 heavy (non-hydrogen) atoms. The van der Waals surface area contributed by atoms with E-state index in [1.54, 1.807) is 0 Å². The van der Waals surface area contributed by atoms with E-state index >= 15 is 0 Å². The highest BCUT2D eigenvalue weighted by atomic mass is 16.6. The molecule has 116 valence electrons. The quantitative estimate of drug-likeness (QED) is 0.831. The Labute approximate surface area is 127 Å². The molecule has 0 bridgehead atoms. The van der Waals surface area contributed by atoms with Crippen molar-refractivity contribution < 1.29 is 9.53 Å². The maximum atomic E-state index is 11.8. The van der Waals surface area contributed by atoms with Crippen LogP contribution in [0.2, 0.25) is 0 Å². The topological polar surface area (TPSA) is 50.4 Å². The predicted octanol–water partition coefficient (Wildman–Crippen LogP) is 4.63. The van der Waals surface area contributed by atoms with E-state index in [1.807, 2.05) is 45.0 Å². The van der Waals surface area contributed by atoms with Crippen molar-refractivity contribution >= 4 is 17.5 Å². The van der Waals surface area contributed by atoms with Crippen LogP contribution in [0.25, 0.3) is 0 Å². The van der Waals surface area contributed by atoms with Crippen molar-refractivity contribution in [1.29, 1.82) is 0 Å². The molecule has 1 aliphatic rings. The summed E-state index contributed by atoms with van der Waals surface area (Å²) in [7, 11) is 0. The zero-order valence-electron chi connectivity index (χ0n) is 13.4. The first-order valence-electron chi connectivity index (χ1n) is 7.74. The molecule has 0 heterocycles. The van der Waals surface area contributed by atoms with Crippen LogP contribution in [0.5, 0.6) is 0 Å². The monoisotopic (exact) mass is 290 g/mol. The molecule has 0 aromatic heterocycles. The third-order valence-corrected chi connectivity index (χ3v) is 3.49. The summed E-state index contributed by atoms with van der Waals surface area (Å²) in [6.07, 6.45) is 3.34.